The van der Waals surface area contributed by atoms with Gasteiger partial charge in [-0.05, 0) is 46.1 Å². The van der Waals surface area contributed by atoms with Gasteiger partial charge in [-0.25, -0.2) is 0 Å². The first-order valence-electron chi connectivity index (χ1n) is 6.29. The molecule has 0 amide bonds. The molecule has 1 aromatic rings. The van der Waals surface area contributed by atoms with E-state index in [-0.39, 0.29) is 11.7 Å². The fourth-order valence-corrected chi connectivity index (χ4v) is 2.45. The van der Waals surface area contributed by atoms with Crippen LogP contribution in [0.15, 0.2) is 24.3 Å². The van der Waals surface area contributed by atoms with Gasteiger partial charge in [0.05, 0.1) is 17.3 Å². The molecule has 0 bridgehead atoms. The quantitative estimate of drug-likeness (QED) is 0.851. The lowest BCUT2D eigenvalue weighted by Crippen LogP contribution is -2.37. The zero-order chi connectivity index (χ0) is 12.7. The van der Waals surface area contributed by atoms with Crippen molar-refractivity contribution in [2.75, 3.05) is 0 Å². The second-order valence-electron chi connectivity index (χ2n) is 5.90. The van der Waals surface area contributed by atoms with Crippen molar-refractivity contribution >= 4 is 0 Å². The highest BCUT2D eigenvalue weighted by molar-refractivity contribution is 5.27. The molecule has 1 aromatic carbocycles. The number of hydrogen-bond donors (Lipinski definition) is 1. The topological polar surface area (TPSA) is 29.5 Å². The molecule has 17 heavy (non-hydrogen) atoms. The van der Waals surface area contributed by atoms with Crippen molar-refractivity contribution in [1.29, 1.82) is 0 Å². The third kappa shape index (κ3) is 2.53. The lowest BCUT2D eigenvalue weighted by Gasteiger charge is -2.30. The summed E-state index contributed by atoms with van der Waals surface area (Å²) < 4.78 is 6.09. The van der Waals surface area contributed by atoms with Crippen molar-refractivity contribution in [3.05, 3.63) is 35.4 Å². The van der Waals surface area contributed by atoms with Crippen LogP contribution >= 0.6 is 0 Å². The van der Waals surface area contributed by atoms with Crippen molar-refractivity contribution in [2.45, 2.75) is 57.8 Å². The summed E-state index contributed by atoms with van der Waals surface area (Å²) in [6, 6.07) is 8.48. The standard InChI is InChI=1S/C15H22O2/c1-11-5-7-12(8-6-11)15(4)10-9-13(17-15)14(2,3)16/h5-8,13,16H,9-10H2,1-4H3. The summed E-state index contributed by atoms with van der Waals surface area (Å²) in [6.07, 6.45) is 1.80. The van der Waals surface area contributed by atoms with E-state index in [1.54, 1.807) is 0 Å². The van der Waals surface area contributed by atoms with Crippen molar-refractivity contribution in [1.82, 2.24) is 0 Å². The predicted octanol–water partition coefficient (Wildman–Crippen LogP) is 3.16. The molecule has 2 unspecified atom stereocenters. The summed E-state index contributed by atoms with van der Waals surface area (Å²) in [5.41, 5.74) is 1.45. The Morgan fingerprint density at radius 1 is 1.29 bits per heavy atom. The highest BCUT2D eigenvalue weighted by Gasteiger charge is 2.43. The van der Waals surface area contributed by atoms with Crippen molar-refractivity contribution in [3.8, 4) is 0 Å². The zero-order valence-electron chi connectivity index (χ0n) is 11.2. The molecule has 2 nitrogen and oxygen atoms in total. The molecule has 0 saturated carbocycles. The predicted molar refractivity (Wildman–Crippen MR) is 68.9 cm³/mol. The molecule has 0 aliphatic carbocycles. The van der Waals surface area contributed by atoms with Crippen LogP contribution in [-0.2, 0) is 10.3 Å². The first-order chi connectivity index (χ1) is 7.81. The van der Waals surface area contributed by atoms with Gasteiger partial charge in [0, 0.05) is 0 Å². The molecule has 1 heterocycles. The Balaban J connectivity index is 2.19. The molecule has 1 N–H and O–H groups in total. The summed E-state index contributed by atoms with van der Waals surface area (Å²) >= 11 is 0. The summed E-state index contributed by atoms with van der Waals surface area (Å²) in [6.45, 7) is 7.84. The van der Waals surface area contributed by atoms with Gasteiger partial charge in [-0.1, -0.05) is 29.8 Å². The highest BCUT2D eigenvalue weighted by atomic mass is 16.5. The molecule has 1 fully saturated rings. The Bertz CT molecular complexity index is 388. The lowest BCUT2D eigenvalue weighted by molar-refractivity contribution is -0.118. The Hall–Kier alpha value is -0.860. The van der Waals surface area contributed by atoms with Gasteiger partial charge in [0.15, 0.2) is 0 Å². The first kappa shape index (κ1) is 12.6. The second kappa shape index (κ2) is 4.11. The van der Waals surface area contributed by atoms with Gasteiger partial charge >= 0.3 is 0 Å². The van der Waals surface area contributed by atoms with E-state index in [1.807, 2.05) is 13.8 Å². The van der Waals surface area contributed by atoms with Crippen LogP contribution in [-0.4, -0.2) is 16.8 Å². The average Bonchev–Trinajstić information content (AvgIpc) is 2.62. The maximum absolute atomic E-state index is 10.0. The molecule has 0 aromatic heterocycles. The molecule has 2 atom stereocenters. The Morgan fingerprint density at radius 2 is 1.88 bits per heavy atom. The molecule has 2 heteroatoms. The van der Waals surface area contributed by atoms with Crippen molar-refractivity contribution in [2.24, 2.45) is 0 Å². The Morgan fingerprint density at radius 3 is 2.35 bits per heavy atom. The molecule has 1 saturated heterocycles. The van der Waals surface area contributed by atoms with Crippen LogP contribution in [0.3, 0.4) is 0 Å². The fraction of sp³-hybridized carbons (Fsp3) is 0.600. The molecule has 2 rings (SSSR count). The van der Waals surface area contributed by atoms with E-state index in [4.69, 9.17) is 4.74 Å². The smallest absolute Gasteiger partial charge is 0.0909 e. The fourth-order valence-electron chi connectivity index (χ4n) is 2.45. The zero-order valence-corrected chi connectivity index (χ0v) is 11.2. The van der Waals surface area contributed by atoms with Gasteiger partial charge in [0.2, 0.25) is 0 Å². The van der Waals surface area contributed by atoms with Gasteiger partial charge in [0.25, 0.3) is 0 Å². The number of aliphatic hydroxyl groups is 1. The monoisotopic (exact) mass is 234 g/mol. The van der Waals surface area contributed by atoms with E-state index < -0.39 is 5.60 Å². The molecule has 0 radical (unpaired) electrons. The molecule has 0 spiro atoms. The van der Waals surface area contributed by atoms with Gasteiger partial charge < -0.3 is 9.84 Å². The van der Waals surface area contributed by atoms with E-state index in [1.165, 1.54) is 11.1 Å². The van der Waals surface area contributed by atoms with E-state index in [2.05, 4.69) is 38.1 Å². The van der Waals surface area contributed by atoms with Gasteiger partial charge in [-0.3, -0.25) is 0 Å². The average molecular weight is 234 g/mol. The number of aryl methyl sites for hydroxylation is 1. The van der Waals surface area contributed by atoms with Crippen LogP contribution in [0, 0.1) is 6.92 Å². The largest absolute Gasteiger partial charge is 0.388 e. The lowest BCUT2D eigenvalue weighted by atomic mass is 9.91. The Labute approximate surface area is 104 Å². The second-order valence-corrected chi connectivity index (χ2v) is 5.90. The van der Waals surface area contributed by atoms with Crippen LogP contribution in [0.25, 0.3) is 0 Å². The molecule has 94 valence electrons. The van der Waals surface area contributed by atoms with E-state index >= 15 is 0 Å². The minimum Gasteiger partial charge on any atom is -0.388 e. The maximum Gasteiger partial charge on any atom is 0.0909 e. The highest BCUT2D eigenvalue weighted by Crippen LogP contribution is 2.41. The summed E-state index contributed by atoms with van der Waals surface area (Å²) in [5, 5.41) is 10.0. The summed E-state index contributed by atoms with van der Waals surface area (Å²) in [7, 11) is 0. The van der Waals surface area contributed by atoms with Crippen LogP contribution in [0.1, 0.15) is 44.7 Å². The third-order valence-corrected chi connectivity index (χ3v) is 3.74. The summed E-state index contributed by atoms with van der Waals surface area (Å²) in [4.78, 5) is 0. The molecule has 1 aliphatic heterocycles. The van der Waals surface area contributed by atoms with E-state index in [9.17, 15) is 5.11 Å². The maximum atomic E-state index is 10.0. The van der Waals surface area contributed by atoms with Crippen LogP contribution < -0.4 is 0 Å². The van der Waals surface area contributed by atoms with E-state index in [0.29, 0.717) is 0 Å². The van der Waals surface area contributed by atoms with Crippen molar-refractivity contribution < 1.29 is 9.84 Å². The first-order valence-corrected chi connectivity index (χ1v) is 6.29. The number of benzene rings is 1. The number of hydrogen-bond acceptors (Lipinski definition) is 2. The van der Waals surface area contributed by atoms with Gasteiger partial charge in [-0.15, -0.1) is 0 Å². The SMILES string of the molecule is Cc1ccc(C2(C)CCC(C(C)(C)O)O2)cc1. The van der Waals surface area contributed by atoms with Crippen LogP contribution in [0.4, 0.5) is 0 Å². The molecule has 1 aliphatic rings. The molecular formula is C15H22O2. The molecular weight excluding hydrogens is 212 g/mol. The normalized spacial score (nSPS) is 29.6. The van der Waals surface area contributed by atoms with Gasteiger partial charge in [-0.2, -0.15) is 0 Å². The number of ether oxygens (including phenoxy) is 1. The Kier molecular flexibility index (Phi) is 3.04. The minimum atomic E-state index is -0.761. The minimum absolute atomic E-state index is 0.0752. The van der Waals surface area contributed by atoms with E-state index in [0.717, 1.165) is 12.8 Å². The third-order valence-electron chi connectivity index (χ3n) is 3.74. The summed E-state index contributed by atoms with van der Waals surface area (Å²) in [5.74, 6) is 0. The number of rotatable bonds is 2. The van der Waals surface area contributed by atoms with Crippen molar-refractivity contribution in [3.63, 3.8) is 0 Å². The van der Waals surface area contributed by atoms with Gasteiger partial charge in [0.1, 0.15) is 0 Å². The van der Waals surface area contributed by atoms with Crippen LogP contribution in [0.2, 0.25) is 0 Å². The van der Waals surface area contributed by atoms with Crippen LogP contribution in [0.5, 0.6) is 0 Å².